The Bertz CT molecular complexity index is 785. The maximum Gasteiger partial charge on any atom is 0.169 e. The van der Waals surface area contributed by atoms with Gasteiger partial charge in [0.05, 0.1) is 5.02 Å². The summed E-state index contributed by atoms with van der Waals surface area (Å²) in [6, 6.07) is 7.45. The quantitative estimate of drug-likeness (QED) is 0.454. The summed E-state index contributed by atoms with van der Waals surface area (Å²) in [6.07, 6.45) is 0. The van der Waals surface area contributed by atoms with Crippen LogP contribution in [0.1, 0.15) is 5.82 Å². The predicted octanol–water partition coefficient (Wildman–Crippen LogP) is 4.01. The second-order valence-electron chi connectivity index (χ2n) is 3.97. The minimum Gasteiger partial charge on any atom is -0.263 e. The SMILES string of the molecule is Cc1nc(Cl)cc2nnc(-c3ccc(I)c(Cl)c3)n12. The molecule has 0 radical (unpaired) electrons. The van der Waals surface area contributed by atoms with E-state index in [4.69, 9.17) is 23.2 Å². The minimum atomic E-state index is 0.407. The van der Waals surface area contributed by atoms with Gasteiger partial charge in [0, 0.05) is 15.2 Å². The number of fused-ring (bicyclic) bond motifs is 1. The highest BCUT2D eigenvalue weighted by molar-refractivity contribution is 14.1. The van der Waals surface area contributed by atoms with Crippen LogP contribution in [0.2, 0.25) is 10.2 Å². The molecule has 3 rings (SSSR count). The molecule has 2 aromatic heterocycles. The highest BCUT2D eigenvalue weighted by atomic mass is 127. The number of hydrogen-bond acceptors (Lipinski definition) is 3. The molecule has 7 heteroatoms. The van der Waals surface area contributed by atoms with E-state index >= 15 is 0 Å². The lowest BCUT2D eigenvalue weighted by molar-refractivity contribution is 0.988. The van der Waals surface area contributed by atoms with Gasteiger partial charge in [-0.25, -0.2) is 4.98 Å². The van der Waals surface area contributed by atoms with Crippen LogP contribution in [0.5, 0.6) is 0 Å². The van der Waals surface area contributed by atoms with Crippen molar-refractivity contribution in [2.75, 3.05) is 0 Å². The second-order valence-corrected chi connectivity index (χ2v) is 5.93. The number of aryl methyl sites for hydroxylation is 1. The van der Waals surface area contributed by atoms with Gasteiger partial charge in [0.2, 0.25) is 0 Å². The maximum absolute atomic E-state index is 6.15. The molecule has 0 bridgehead atoms. The summed E-state index contributed by atoms with van der Waals surface area (Å²) in [5, 5.41) is 9.40. The van der Waals surface area contributed by atoms with Crippen molar-refractivity contribution in [1.82, 2.24) is 19.6 Å². The summed E-state index contributed by atoms with van der Waals surface area (Å²) in [4.78, 5) is 4.21. The van der Waals surface area contributed by atoms with Gasteiger partial charge in [0.15, 0.2) is 11.5 Å². The Morgan fingerprint density at radius 1 is 1.16 bits per heavy atom. The lowest BCUT2D eigenvalue weighted by Gasteiger charge is -2.04. The molecule has 0 amide bonds. The molecule has 3 aromatic rings. The van der Waals surface area contributed by atoms with Crippen molar-refractivity contribution in [2.24, 2.45) is 0 Å². The van der Waals surface area contributed by atoms with Gasteiger partial charge in [-0.1, -0.05) is 29.3 Å². The van der Waals surface area contributed by atoms with E-state index in [0.29, 0.717) is 21.6 Å². The highest BCUT2D eigenvalue weighted by Gasteiger charge is 2.12. The number of benzene rings is 1. The monoisotopic (exact) mass is 404 g/mol. The van der Waals surface area contributed by atoms with Crippen molar-refractivity contribution < 1.29 is 0 Å². The van der Waals surface area contributed by atoms with Crippen molar-refractivity contribution in [3.05, 3.63) is 43.8 Å². The van der Waals surface area contributed by atoms with Gasteiger partial charge in [-0.15, -0.1) is 10.2 Å². The molecule has 0 N–H and O–H groups in total. The average Bonchev–Trinajstić information content (AvgIpc) is 2.76. The molecular formula is C12H7Cl2IN4. The molecule has 2 heterocycles. The van der Waals surface area contributed by atoms with Crippen molar-refractivity contribution in [3.63, 3.8) is 0 Å². The lowest BCUT2D eigenvalue weighted by Crippen LogP contribution is -1.98. The standard InChI is InChI=1S/C12H7Cl2IN4/c1-6-16-10(14)5-11-17-18-12(19(6)11)7-2-3-9(15)8(13)4-7/h2-5H,1H3. The van der Waals surface area contributed by atoms with Gasteiger partial charge in [-0.2, -0.15) is 0 Å². The minimum absolute atomic E-state index is 0.407. The van der Waals surface area contributed by atoms with Crippen LogP contribution in [-0.4, -0.2) is 19.6 Å². The fraction of sp³-hybridized carbons (Fsp3) is 0.0833. The number of aromatic nitrogens is 4. The molecule has 0 aliphatic rings. The van der Waals surface area contributed by atoms with Gasteiger partial charge in [-0.05, 0) is 41.6 Å². The van der Waals surface area contributed by atoms with Crippen LogP contribution < -0.4 is 0 Å². The molecule has 0 spiro atoms. The van der Waals surface area contributed by atoms with Crippen LogP contribution in [-0.2, 0) is 0 Å². The van der Waals surface area contributed by atoms with Crippen LogP contribution in [0.25, 0.3) is 17.0 Å². The first-order valence-corrected chi connectivity index (χ1v) is 7.23. The third kappa shape index (κ3) is 2.30. The first-order valence-electron chi connectivity index (χ1n) is 5.40. The van der Waals surface area contributed by atoms with Crippen LogP contribution in [0.4, 0.5) is 0 Å². The van der Waals surface area contributed by atoms with Crippen molar-refractivity contribution in [1.29, 1.82) is 0 Å². The van der Waals surface area contributed by atoms with E-state index in [9.17, 15) is 0 Å². The smallest absolute Gasteiger partial charge is 0.169 e. The summed E-state index contributed by atoms with van der Waals surface area (Å²) >= 11 is 14.2. The van der Waals surface area contributed by atoms with E-state index in [2.05, 4.69) is 37.8 Å². The summed E-state index contributed by atoms with van der Waals surface area (Å²) in [5.74, 6) is 1.44. The van der Waals surface area contributed by atoms with Gasteiger partial charge in [0.1, 0.15) is 11.0 Å². The first-order chi connectivity index (χ1) is 9.06. The highest BCUT2D eigenvalue weighted by Crippen LogP contribution is 2.26. The van der Waals surface area contributed by atoms with E-state index in [-0.39, 0.29) is 0 Å². The molecule has 0 fully saturated rings. The first kappa shape index (κ1) is 13.1. The van der Waals surface area contributed by atoms with E-state index in [1.807, 2.05) is 29.5 Å². The average molecular weight is 405 g/mol. The molecule has 4 nitrogen and oxygen atoms in total. The van der Waals surface area contributed by atoms with E-state index in [1.165, 1.54) is 0 Å². The van der Waals surface area contributed by atoms with Crippen molar-refractivity contribution in [2.45, 2.75) is 6.92 Å². The number of rotatable bonds is 1. The number of nitrogens with zero attached hydrogens (tertiary/aromatic N) is 4. The van der Waals surface area contributed by atoms with Gasteiger partial charge in [-0.3, -0.25) is 4.40 Å². The van der Waals surface area contributed by atoms with Crippen LogP contribution in [0, 0.1) is 10.5 Å². The zero-order valence-electron chi connectivity index (χ0n) is 9.73. The normalized spacial score (nSPS) is 11.2. The second kappa shape index (κ2) is 4.88. The Balaban J connectivity index is 2.28. The summed E-state index contributed by atoms with van der Waals surface area (Å²) in [7, 11) is 0. The molecule has 0 saturated heterocycles. The topological polar surface area (TPSA) is 43.1 Å². The third-order valence-electron chi connectivity index (χ3n) is 2.71. The van der Waals surface area contributed by atoms with E-state index in [0.717, 1.165) is 15.0 Å². The Morgan fingerprint density at radius 2 is 1.95 bits per heavy atom. The molecule has 0 aliphatic carbocycles. The zero-order valence-corrected chi connectivity index (χ0v) is 13.4. The lowest BCUT2D eigenvalue weighted by atomic mass is 10.2. The Kier molecular flexibility index (Phi) is 3.36. The third-order valence-corrected chi connectivity index (χ3v) is 4.47. The van der Waals surface area contributed by atoms with Crippen molar-refractivity contribution in [3.8, 4) is 11.4 Å². The zero-order chi connectivity index (χ0) is 13.6. The Morgan fingerprint density at radius 3 is 2.68 bits per heavy atom. The summed E-state index contributed by atoms with van der Waals surface area (Å²) in [6.45, 7) is 1.86. The summed E-state index contributed by atoms with van der Waals surface area (Å²) < 4.78 is 2.85. The molecule has 19 heavy (non-hydrogen) atoms. The van der Waals surface area contributed by atoms with Gasteiger partial charge < -0.3 is 0 Å². The molecule has 0 unspecified atom stereocenters. The summed E-state index contributed by atoms with van der Waals surface area (Å²) in [5.41, 5.74) is 1.56. The molecule has 96 valence electrons. The van der Waals surface area contributed by atoms with Crippen LogP contribution in [0.3, 0.4) is 0 Å². The Hall–Kier alpha value is -0.920. The van der Waals surface area contributed by atoms with Crippen LogP contribution in [0.15, 0.2) is 24.3 Å². The molecule has 0 atom stereocenters. The van der Waals surface area contributed by atoms with Gasteiger partial charge in [0.25, 0.3) is 0 Å². The predicted molar refractivity (Wildman–Crippen MR) is 83.7 cm³/mol. The fourth-order valence-corrected chi connectivity index (χ4v) is 2.61. The number of hydrogen-bond donors (Lipinski definition) is 0. The van der Waals surface area contributed by atoms with Crippen LogP contribution >= 0.6 is 45.8 Å². The largest absolute Gasteiger partial charge is 0.263 e. The molecule has 1 aromatic carbocycles. The molecule has 0 saturated carbocycles. The van der Waals surface area contributed by atoms with Crippen molar-refractivity contribution >= 4 is 51.4 Å². The van der Waals surface area contributed by atoms with Gasteiger partial charge >= 0.3 is 0 Å². The Labute approximate surface area is 132 Å². The maximum atomic E-state index is 6.15. The van der Waals surface area contributed by atoms with E-state index in [1.54, 1.807) is 6.07 Å². The molecule has 0 aliphatic heterocycles. The molecular weight excluding hydrogens is 398 g/mol. The number of halogens is 3. The van der Waals surface area contributed by atoms with E-state index < -0.39 is 0 Å². The fourth-order valence-electron chi connectivity index (χ4n) is 1.87.